The van der Waals surface area contributed by atoms with Gasteiger partial charge in [0.05, 0.1) is 12.4 Å². The summed E-state index contributed by atoms with van der Waals surface area (Å²) in [5.74, 6) is 0.208. The molecular formula is C17H20FNO3S. The maximum atomic E-state index is 12.8. The van der Waals surface area contributed by atoms with Crippen molar-refractivity contribution in [1.82, 2.24) is 4.72 Å². The Morgan fingerprint density at radius 3 is 2.22 bits per heavy atom. The molecule has 0 aromatic heterocycles. The number of hydrogen-bond acceptors (Lipinski definition) is 3. The van der Waals surface area contributed by atoms with Gasteiger partial charge in [0.25, 0.3) is 0 Å². The Morgan fingerprint density at radius 2 is 1.61 bits per heavy atom. The second-order valence-electron chi connectivity index (χ2n) is 5.20. The molecule has 0 spiro atoms. The standard InChI is InChI=1S/C17H20FNO3S/c1-2-11-22-17-9-5-14(6-10-17)12-19-23(20,21)13-15-3-7-16(18)8-4-15/h3-10,19H,2,11-13H2,1H3. The van der Waals surface area contributed by atoms with Crippen molar-refractivity contribution in [2.45, 2.75) is 25.6 Å². The molecule has 0 fully saturated rings. The Balaban J connectivity index is 1.89. The van der Waals surface area contributed by atoms with E-state index in [2.05, 4.69) is 4.72 Å². The summed E-state index contributed by atoms with van der Waals surface area (Å²) in [6.07, 6.45) is 0.935. The van der Waals surface area contributed by atoms with Gasteiger partial charge in [0.2, 0.25) is 10.0 Å². The summed E-state index contributed by atoms with van der Waals surface area (Å²) in [7, 11) is -3.47. The monoisotopic (exact) mass is 337 g/mol. The van der Waals surface area contributed by atoms with Crippen LogP contribution in [0.5, 0.6) is 5.75 Å². The normalized spacial score (nSPS) is 11.4. The molecule has 0 unspecified atom stereocenters. The molecule has 0 atom stereocenters. The molecule has 0 aliphatic rings. The van der Waals surface area contributed by atoms with Crippen LogP contribution in [0, 0.1) is 5.82 Å². The number of nitrogens with one attached hydrogen (secondary N) is 1. The van der Waals surface area contributed by atoms with Gasteiger partial charge in [0.1, 0.15) is 11.6 Å². The van der Waals surface area contributed by atoms with Crippen LogP contribution in [-0.2, 0) is 22.3 Å². The highest BCUT2D eigenvalue weighted by Crippen LogP contribution is 2.13. The molecular weight excluding hydrogens is 317 g/mol. The highest BCUT2D eigenvalue weighted by atomic mass is 32.2. The zero-order valence-electron chi connectivity index (χ0n) is 13.0. The second kappa shape index (κ2) is 8.08. The van der Waals surface area contributed by atoms with Gasteiger partial charge in [-0.15, -0.1) is 0 Å². The number of rotatable bonds is 8. The van der Waals surface area contributed by atoms with Crippen molar-refractivity contribution in [2.75, 3.05) is 6.61 Å². The Kier molecular flexibility index (Phi) is 6.12. The van der Waals surface area contributed by atoms with E-state index in [1.54, 1.807) is 0 Å². The highest BCUT2D eigenvalue weighted by Gasteiger charge is 2.11. The molecule has 4 nitrogen and oxygen atoms in total. The first-order valence-corrected chi connectivity index (χ1v) is 9.07. The molecule has 0 saturated carbocycles. The zero-order valence-corrected chi connectivity index (χ0v) is 13.8. The molecule has 124 valence electrons. The van der Waals surface area contributed by atoms with E-state index in [0.29, 0.717) is 12.2 Å². The summed E-state index contributed by atoms with van der Waals surface area (Å²) >= 11 is 0. The molecule has 2 aromatic rings. The third kappa shape index (κ3) is 6.00. The Morgan fingerprint density at radius 1 is 1.00 bits per heavy atom. The highest BCUT2D eigenvalue weighted by molar-refractivity contribution is 7.88. The summed E-state index contributed by atoms with van der Waals surface area (Å²) in [6.45, 7) is 2.89. The van der Waals surface area contributed by atoms with E-state index >= 15 is 0 Å². The minimum atomic E-state index is -3.47. The van der Waals surface area contributed by atoms with Gasteiger partial charge in [-0.25, -0.2) is 17.5 Å². The molecule has 0 amide bonds. The van der Waals surface area contributed by atoms with E-state index in [0.717, 1.165) is 17.7 Å². The van der Waals surface area contributed by atoms with Gasteiger partial charge in [-0.2, -0.15) is 0 Å². The lowest BCUT2D eigenvalue weighted by atomic mass is 10.2. The van der Waals surface area contributed by atoms with Crippen LogP contribution in [0.4, 0.5) is 4.39 Å². The predicted octanol–water partition coefficient (Wildman–Crippen LogP) is 3.23. The Hall–Kier alpha value is -1.92. The first-order valence-electron chi connectivity index (χ1n) is 7.42. The summed E-state index contributed by atoms with van der Waals surface area (Å²) in [5.41, 5.74) is 1.39. The Bertz CT molecular complexity index is 713. The van der Waals surface area contributed by atoms with Gasteiger partial charge < -0.3 is 4.74 Å². The zero-order chi connectivity index (χ0) is 16.7. The fraction of sp³-hybridized carbons (Fsp3) is 0.294. The first kappa shape index (κ1) is 17.4. The summed E-state index contributed by atoms with van der Waals surface area (Å²) in [6, 6.07) is 12.7. The SMILES string of the molecule is CCCOc1ccc(CNS(=O)(=O)Cc2ccc(F)cc2)cc1. The van der Waals surface area contributed by atoms with E-state index in [1.165, 1.54) is 24.3 Å². The topological polar surface area (TPSA) is 55.4 Å². The van der Waals surface area contributed by atoms with E-state index in [9.17, 15) is 12.8 Å². The van der Waals surface area contributed by atoms with Crippen molar-refractivity contribution in [2.24, 2.45) is 0 Å². The van der Waals surface area contributed by atoms with Crippen LogP contribution in [0.15, 0.2) is 48.5 Å². The molecule has 6 heteroatoms. The van der Waals surface area contributed by atoms with Crippen LogP contribution >= 0.6 is 0 Å². The van der Waals surface area contributed by atoms with Crippen molar-refractivity contribution in [3.8, 4) is 5.75 Å². The van der Waals surface area contributed by atoms with Crippen LogP contribution in [0.1, 0.15) is 24.5 Å². The minimum Gasteiger partial charge on any atom is -0.494 e. The van der Waals surface area contributed by atoms with Crippen molar-refractivity contribution in [3.63, 3.8) is 0 Å². The maximum absolute atomic E-state index is 12.8. The van der Waals surface area contributed by atoms with E-state index in [4.69, 9.17) is 4.74 Å². The van der Waals surface area contributed by atoms with Crippen LogP contribution in [0.25, 0.3) is 0 Å². The molecule has 23 heavy (non-hydrogen) atoms. The maximum Gasteiger partial charge on any atom is 0.216 e. The third-order valence-corrected chi connectivity index (χ3v) is 4.46. The fourth-order valence-electron chi connectivity index (χ4n) is 1.97. The summed E-state index contributed by atoms with van der Waals surface area (Å²) < 4.78 is 44.9. The first-order chi connectivity index (χ1) is 11.0. The lowest BCUT2D eigenvalue weighted by molar-refractivity contribution is 0.317. The van der Waals surface area contributed by atoms with Crippen molar-refractivity contribution in [1.29, 1.82) is 0 Å². The van der Waals surface area contributed by atoms with Crippen molar-refractivity contribution >= 4 is 10.0 Å². The van der Waals surface area contributed by atoms with Gasteiger partial charge in [0, 0.05) is 6.54 Å². The number of hydrogen-bond donors (Lipinski definition) is 1. The largest absolute Gasteiger partial charge is 0.494 e. The average molecular weight is 337 g/mol. The second-order valence-corrected chi connectivity index (χ2v) is 7.01. The number of benzene rings is 2. The van der Waals surface area contributed by atoms with E-state index < -0.39 is 10.0 Å². The van der Waals surface area contributed by atoms with Gasteiger partial charge >= 0.3 is 0 Å². The molecule has 1 N–H and O–H groups in total. The number of sulfonamides is 1. The number of ether oxygens (including phenoxy) is 1. The molecule has 0 aliphatic carbocycles. The molecule has 0 bridgehead atoms. The molecule has 0 aliphatic heterocycles. The van der Waals surface area contributed by atoms with Crippen molar-refractivity contribution in [3.05, 3.63) is 65.5 Å². The number of halogens is 1. The van der Waals surface area contributed by atoms with Crippen LogP contribution in [0.3, 0.4) is 0 Å². The lowest BCUT2D eigenvalue weighted by Gasteiger charge is -2.08. The predicted molar refractivity (Wildman–Crippen MR) is 88.1 cm³/mol. The van der Waals surface area contributed by atoms with Crippen molar-refractivity contribution < 1.29 is 17.5 Å². The Labute approximate surface area is 136 Å². The van der Waals surface area contributed by atoms with Gasteiger partial charge in [-0.3, -0.25) is 0 Å². The van der Waals surface area contributed by atoms with Crippen LogP contribution in [0.2, 0.25) is 0 Å². The molecule has 0 heterocycles. The fourth-order valence-corrected chi connectivity index (χ4v) is 3.09. The third-order valence-electron chi connectivity index (χ3n) is 3.16. The minimum absolute atomic E-state index is 0.176. The summed E-state index contributed by atoms with van der Waals surface area (Å²) in [5, 5.41) is 0. The lowest BCUT2D eigenvalue weighted by Crippen LogP contribution is -2.24. The smallest absolute Gasteiger partial charge is 0.216 e. The molecule has 2 rings (SSSR count). The van der Waals surface area contributed by atoms with E-state index in [1.807, 2.05) is 31.2 Å². The van der Waals surface area contributed by atoms with E-state index in [-0.39, 0.29) is 18.1 Å². The average Bonchev–Trinajstić information content (AvgIpc) is 2.54. The summed E-state index contributed by atoms with van der Waals surface area (Å²) in [4.78, 5) is 0. The quantitative estimate of drug-likeness (QED) is 0.804. The van der Waals surface area contributed by atoms with Gasteiger partial charge in [0.15, 0.2) is 0 Å². The van der Waals surface area contributed by atoms with Gasteiger partial charge in [-0.1, -0.05) is 31.2 Å². The van der Waals surface area contributed by atoms with Crippen LogP contribution in [-0.4, -0.2) is 15.0 Å². The molecule has 2 aromatic carbocycles. The molecule has 0 saturated heterocycles. The van der Waals surface area contributed by atoms with Crippen LogP contribution < -0.4 is 9.46 Å². The van der Waals surface area contributed by atoms with Gasteiger partial charge in [-0.05, 0) is 41.8 Å². The molecule has 0 radical (unpaired) electrons.